The molecule has 2 aromatic rings. The van der Waals surface area contributed by atoms with Gasteiger partial charge in [0, 0.05) is 23.0 Å². The SMILES string of the molecule is N=C(N)CCCCCNC(=O)[C@@H](NC(=O)C(Cc1ccc(C(=N)N)cc1)c1cccc(Br)c1)C1CCCCC1. The molecule has 1 aliphatic rings. The summed E-state index contributed by atoms with van der Waals surface area (Å²) >= 11 is 3.53. The Balaban J connectivity index is 1.75. The summed E-state index contributed by atoms with van der Waals surface area (Å²) in [4.78, 5) is 27.3. The lowest BCUT2D eigenvalue weighted by Gasteiger charge is -2.31. The van der Waals surface area contributed by atoms with E-state index in [-0.39, 0.29) is 29.4 Å². The Morgan fingerprint density at radius 1 is 0.949 bits per heavy atom. The number of benzene rings is 2. The van der Waals surface area contributed by atoms with E-state index in [1.165, 1.54) is 0 Å². The zero-order valence-electron chi connectivity index (χ0n) is 22.5. The van der Waals surface area contributed by atoms with Crippen LogP contribution < -0.4 is 22.1 Å². The molecule has 2 aromatic carbocycles. The summed E-state index contributed by atoms with van der Waals surface area (Å²) in [7, 11) is 0. The number of rotatable bonds is 14. The van der Waals surface area contributed by atoms with Gasteiger partial charge in [0.15, 0.2) is 0 Å². The van der Waals surface area contributed by atoms with Crippen LogP contribution in [0.5, 0.6) is 0 Å². The number of carbonyl (C=O) groups excluding carboxylic acids is 2. The molecule has 2 atom stereocenters. The average molecular weight is 598 g/mol. The number of amides is 2. The summed E-state index contributed by atoms with van der Waals surface area (Å²) in [5.41, 5.74) is 13.5. The summed E-state index contributed by atoms with van der Waals surface area (Å²) in [6.07, 6.45) is 8.67. The van der Waals surface area contributed by atoms with Gasteiger partial charge in [0.25, 0.3) is 0 Å². The molecular weight excluding hydrogens is 556 g/mol. The molecule has 8 nitrogen and oxygen atoms in total. The van der Waals surface area contributed by atoms with E-state index in [9.17, 15) is 9.59 Å². The van der Waals surface area contributed by atoms with Crippen LogP contribution in [0.2, 0.25) is 0 Å². The van der Waals surface area contributed by atoms with E-state index in [0.717, 1.165) is 67.0 Å². The first-order valence-electron chi connectivity index (χ1n) is 13.8. The summed E-state index contributed by atoms with van der Waals surface area (Å²) < 4.78 is 0.885. The molecule has 0 aliphatic heterocycles. The Morgan fingerprint density at radius 2 is 1.67 bits per heavy atom. The quantitative estimate of drug-likeness (QED) is 0.106. The summed E-state index contributed by atoms with van der Waals surface area (Å²) in [5.74, 6) is -0.483. The molecule has 210 valence electrons. The number of nitrogens with one attached hydrogen (secondary N) is 4. The minimum atomic E-state index is -0.579. The minimum absolute atomic E-state index is 0.00280. The monoisotopic (exact) mass is 596 g/mol. The highest BCUT2D eigenvalue weighted by molar-refractivity contribution is 9.10. The van der Waals surface area contributed by atoms with Crippen LogP contribution in [0.25, 0.3) is 0 Å². The predicted molar refractivity (Wildman–Crippen MR) is 160 cm³/mol. The fourth-order valence-electron chi connectivity index (χ4n) is 5.20. The Bertz CT molecular complexity index is 1130. The summed E-state index contributed by atoms with van der Waals surface area (Å²) in [6.45, 7) is 0.535. The lowest BCUT2D eigenvalue weighted by molar-refractivity contribution is -0.131. The largest absolute Gasteiger partial charge is 0.388 e. The highest BCUT2D eigenvalue weighted by Crippen LogP contribution is 2.29. The van der Waals surface area contributed by atoms with E-state index in [4.69, 9.17) is 22.3 Å². The van der Waals surface area contributed by atoms with Crippen molar-refractivity contribution in [3.63, 3.8) is 0 Å². The van der Waals surface area contributed by atoms with Crippen molar-refractivity contribution in [1.29, 1.82) is 10.8 Å². The molecule has 1 fully saturated rings. The molecule has 1 aliphatic carbocycles. The molecule has 9 heteroatoms. The zero-order chi connectivity index (χ0) is 28.2. The number of unbranched alkanes of at least 4 members (excludes halogenated alkanes) is 2. The van der Waals surface area contributed by atoms with Gasteiger partial charge in [-0.05, 0) is 61.3 Å². The molecule has 3 rings (SSSR count). The van der Waals surface area contributed by atoms with Crippen LogP contribution >= 0.6 is 15.9 Å². The van der Waals surface area contributed by atoms with Gasteiger partial charge in [0.1, 0.15) is 11.9 Å². The van der Waals surface area contributed by atoms with Crippen LogP contribution in [0.1, 0.15) is 80.4 Å². The fourth-order valence-corrected chi connectivity index (χ4v) is 5.62. The molecular formula is C30H41BrN6O2. The second-order valence-corrected chi connectivity index (χ2v) is 11.3. The molecule has 1 unspecified atom stereocenters. The van der Waals surface area contributed by atoms with Crippen LogP contribution in [0, 0.1) is 16.7 Å². The van der Waals surface area contributed by atoms with Gasteiger partial charge in [-0.25, -0.2) is 0 Å². The van der Waals surface area contributed by atoms with Gasteiger partial charge in [-0.3, -0.25) is 20.4 Å². The lowest BCUT2D eigenvalue weighted by Crippen LogP contribution is -2.52. The first-order chi connectivity index (χ1) is 18.7. The topological polar surface area (TPSA) is 158 Å². The Morgan fingerprint density at radius 3 is 2.31 bits per heavy atom. The smallest absolute Gasteiger partial charge is 0.242 e. The highest BCUT2D eigenvalue weighted by atomic mass is 79.9. The predicted octanol–water partition coefficient (Wildman–Crippen LogP) is 4.74. The van der Waals surface area contributed by atoms with E-state index < -0.39 is 12.0 Å². The summed E-state index contributed by atoms with van der Waals surface area (Å²) in [6, 6.07) is 14.5. The number of hydrogen-bond donors (Lipinski definition) is 6. The third-order valence-electron chi connectivity index (χ3n) is 7.40. The maximum Gasteiger partial charge on any atom is 0.242 e. The van der Waals surface area contributed by atoms with Crippen LogP contribution in [-0.2, 0) is 16.0 Å². The van der Waals surface area contributed by atoms with Crippen LogP contribution in [-0.4, -0.2) is 36.1 Å². The first-order valence-corrected chi connectivity index (χ1v) is 14.6. The van der Waals surface area contributed by atoms with Crippen molar-refractivity contribution in [3.05, 3.63) is 69.7 Å². The molecule has 0 saturated heterocycles. The van der Waals surface area contributed by atoms with Crippen LogP contribution in [0.3, 0.4) is 0 Å². The van der Waals surface area contributed by atoms with Crippen molar-refractivity contribution in [2.24, 2.45) is 17.4 Å². The molecule has 2 amide bonds. The number of hydrogen-bond acceptors (Lipinski definition) is 4. The molecule has 0 bridgehead atoms. The number of nitrogen functional groups attached to an aromatic ring is 1. The van der Waals surface area contributed by atoms with Gasteiger partial charge in [-0.15, -0.1) is 0 Å². The minimum Gasteiger partial charge on any atom is -0.388 e. The highest BCUT2D eigenvalue weighted by Gasteiger charge is 2.33. The number of carbonyl (C=O) groups is 2. The third-order valence-corrected chi connectivity index (χ3v) is 7.89. The maximum atomic E-state index is 13.9. The Labute approximate surface area is 239 Å². The van der Waals surface area contributed by atoms with Crippen molar-refractivity contribution in [1.82, 2.24) is 10.6 Å². The standard InChI is InChI=1S/C30H41BrN6O2/c31-24-11-7-10-23(19-24)25(18-20-13-15-22(16-14-20)28(34)35)29(38)37-27(21-8-3-1-4-9-21)30(39)36-17-6-2-5-12-26(32)33/h7,10-11,13-16,19,21,25,27H,1-6,8-9,12,17-18H2,(H3,32,33)(H3,34,35)(H,36,39)(H,37,38)/t25?,27-/m0/s1. The molecule has 0 heterocycles. The number of halogens is 1. The zero-order valence-corrected chi connectivity index (χ0v) is 24.1. The van der Waals surface area contributed by atoms with Gasteiger partial charge in [-0.1, -0.05) is 78.0 Å². The lowest BCUT2D eigenvalue weighted by atomic mass is 9.82. The van der Waals surface area contributed by atoms with Crippen LogP contribution in [0.4, 0.5) is 0 Å². The molecule has 39 heavy (non-hydrogen) atoms. The maximum absolute atomic E-state index is 13.9. The number of amidine groups is 2. The van der Waals surface area contributed by atoms with Crippen molar-refractivity contribution in [2.45, 2.75) is 76.2 Å². The van der Waals surface area contributed by atoms with Crippen molar-refractivity contribution in [2.75, 3.05) is 6.54 Å². The second-order valence-electron chi connectivity index (χ2n) is 10.4. The van der Waals surface area contributed by atoms with E-state index >= 15 is 0 Å². The molecule has 0 spiro atoms. The third kappa shape index (κ3) is 9.80. The summed E-state index contributed by atoms with van der Waals surface area (Å²) in [5, 5.41) is 21.2. The molecule has 8 N–H and O–H groups in total. The van der Waals surface area contributed by atoms with Gasteiger partial charge in [-0.2, -0.15) is 0 Å². The van der Waals surface area contributed by atoms with E-state index in [2.05, 4.69) is 26.6 Å². The average Bonchev–Trinajstić information content (AvgIpc) is 2.92. The van der Waals surface area contributed by atoms with E-state index in [0.29, 0.717) is 24.9 Å². The van der Waals surface area contributed by atoms with Crippen molar-refractivity contribution in [3.8, 4) is 0 Å². The van der Waals surface area contributed by atoms with Crippen molar-refractivity contribution >= 4 is 39.4 Å². The van der Waals surface area contributed by atoms with Gasteiger partial charge in [0.05, 0.1) is 11.8 Å². The van der Waals surface area contributed by atoms with Gasteiger partial charge >= 0.3 is 0 Å². The van der Waals surface area contributed by atoms with E-state index in [1.54, 1.807) is 12.1 Å². The van der Waals surface area contributed by atoms with Gasteiger partial charge in [0.2, 0.25) is 11.8 Å². The van der Waals surface area contributed by atoms with E-state index in [1.807, 2.05) is 36.4 Å². The van der Waals surface area contributed by atoms with Crippen molar-refractivity contribution < 1.29 is 9.59 Å². The molecule has 0 radical (unpaired) electrons. The van der Waals surface area contributed by atoms with Gasteiger partial charge < -0.3 is 22.1 Å². The fraction of sp³-hybridized carbons (Fsp3) is 0.467. The van der Waals surface area contributed by atoms with Crippen LogP contribution in [0.15, 0.2) is 53.0 Å². The first kappa shape index (κ1) is 30.3. The molecule has 1 saturated carbocycles. The normalized spacial score (nSPS) is 15.2. The number of nitrogens with two attached hydrogens (primary N) is 2. The molecule has 0 aromatic heterocycles. The Hall–Kier alpha value is -3.20. The Kier molecular flexibility index (Phi) is 12.0. The second kappa shape index (κ2) is 15.4.